The first-order chi connectivity index (χ1) is 8.80. The molecule has 0 unspecified atom stereocenters. The smallest absolute Gasteiger partial charge is 0.0992 e. The zero-order valence-corrected chi connectivity index (χ0v) is 12.5. The number of nitrogens with zero attached hydrogens (tertiary/aromatic N) is 1. The van der Waals surface area contributed by atoms with E-state index in [4.69, 9.17) is 5.26 Å². The molecule has 1 aliphatic carbocycles. The van der Waals surface area contributed by atoms with Gasteiger partial charge in [-0.05, 0) is 48.3 Å². The molecular weight excluding hydrogens is 232 g/mol. The van der Waals surface area contributed by atoms with Gasteiger partial charge in [0.15, 0.2) is 0 Å². The fourth-order valence-corrected chi connectivity index (χ4v) is 3.86. The van der Waals surface area contributed by atoms with Crippen molar-refractivity contribution >= 4 is 5.69 Å². The number of hydrogen-bond donors (Lipinski definition) is 1. The van der Waals surface area contributed by atoms with Crippen LogP contribution in [0, 0.1) is 22.2 Å². The second kappa shape index (κ2) is 4.89. The summed E-state index contributed by atoms with van der Waals surface area (Å²) in [4.78, 5) is 0. The Labute approximate surface area is 116 Å². The number of hydrogen-bond acceptors (Lipinski definition) is 2. The van der Waals surface area contributed by atoms with Gasteiger partial charge in [0.25, 0.3) is 0 Å². The lowest BCUT2D eigenvalue weighted by Gasteiger charge is -2.45. The summed E-state index contributed by atoms with van der Waals surface area (Å²) in [6.45, 7) is 9.42. The van der Waals surface area contributed by atoms with E-state index in [1.165, 1.54) is 19.3 Å². The second-order valence-corrected chi connectivity index (χ2v) is 7.45. The summed E-state index contributed by atoms with van der Waals surface area (Å²) in [5.74, 6) is 0. The molecule has 0 radical (unpaired) electrons. The van der Waals surface area contributed by atoms with Crippen LogP contribution in [-0.2, 0) is 0 Å². The van der Waals surface area contributed by atoms with Gasteiger partial charge in [-0.15, -0.1) is 0 Å². The van der Waals surface area contributed by atoms with Gasteiger partial charge < -0.3 is 5.32 Å². The number of nitriles is 1. The molecule has 0 aliphatic heterocycles. The van der Waals surface area contributed by atoms with Gasteiger partial charge in [0.1, 0.15) is 0 Å². The summed E-state index contributed by atoms with van der Waals surface area (Å²) in [5.41, 5.74) is 2.55. The quantitative estimate of drug-likeness (QED) is 0.841. The Morgan fingerprint density at radius 1 is 1.16 bits per heavy atom. The van der Waals surface area contributed by atoms with Crippen molar-refractivity contribution in [2.24, 2.45) is 10.8 Å². The maximum Gasteiger partial charge on any atom is 0.0992 e. The molecule has 0 atom stereocenters. The van der Waals surface area contributed by atoms with Gasteiger partial charge >= 0.3 is 0 Å². The van der Waals surface area contributed by atoms with Crippen LogP contribution in [0.2, 0.25) is 0 Å². The third kappa shape index (κ3) is 3.73. The first-order valence-corrected chi connectivity index (χ1v) is 7.06. The largest absolute Gasteiger partial charge is 0.382 e. The Morgan fingerprint density at radius 2 is 1.79 bits per heavy atom. The highest BCUT2D eigenvalue weighted by atomic mass is 14.9. The molecule has 1 aromatic rings. The Morgan fingerprint density at radius 3 is 2.37 bits per heavy atom. The van der Waals surface area contributed by atoms with Crippen molar-refractivity contribution in [3.8, 4) is 6.07 Å². The molecule has 0 bridgehead atoms. The lowest BCUT2D eigenvalue weighted by atomic mass is 9.63. The molecule has 0 amide bonds. The molecule has 2 nitrogen and oxygen atoms in total. The minimum atomic E-state index is 0.381. The number of benzene rings is 1. The van der Waals surface area contributed by atoms with E-state index >= 15 is 0 Å². The molecule has 19 heavy (non-hydrogen) atoms. The summed E-state index contributed by atoms with van der Waals surface area (Å²) in [6.07, 6.45) is 3.65. The van der Waals surface area contributed by atoms with Gasteiger partial charge in [0.2, 0.25) is 0 Å². The maximum atomic E-state index is 8.96. The summed E-state index contributed by atoms with van der Waals surface area (Å²) >= 11 is 0. The van der Waals surface area contributed by atoms with Crippen LogP contribution in [0.1, 0.15) is 52.5 Å². The highest BCUT2D eigenvalue weighted by Crippen LogP contribution is 2.46. The molecule has 102 valence electrons. The van der Waals surface area contributed by atoms with E-state index in [2.05, 4.69) is 45.1 Å². The summed E-state index contributed by atoms with van der Waals surface area (Å²) < 4.78 is 0. The van der Waals surface area contributed by atoms with Crippen LogP contribution in [0.15, 0.2) is 24.3 Å². The van der Waals surface area contributed by atoms with Gasteiger partial charge in [-0.2, -0.15) is 5.26 Å². The number of rotatable bonds is 2. The molecule has 0 saturated heterocycles. The van der Waals surface area contributed by atoms with Crippen molar-refractivity contribution in [1.82, 2.24) is 0 Å². The average molecular weight is 256 g/mol. The topological polar surface area (TPSA) is 35.8 Å². The zero-order chi connectivity index (χ0) is 14.1. The molecule has 1 saturated carbocycles. The van der Waals surface area contributed by atoms with Crippen LogP contribution >= 0.6 is 0 Å². The summed E-state index contributed by atoms with van der Waals surface area (Å²) in [6, 6.07) is 10.5. The lowest BCUT2D eigenvalue weighted by Crippen LogP contribution is -2.40. The monoisotopic (exact) mass is 256 g/mol. The van der Waals surface area contributed by atoms with E-state index in [1.807, 2.05) is 18.2 Å². The molecule has 1 aliphatic rings. The van der Waals surface area contributed by atoms with Gasteiger partial charge in [-0.1, -0.05) is 33.8 Å². The molecule has 2 rings (SSSR count). The Hall–Kier alpha value is -1.49. The Bertz CT molecular complexity index is 478. The minimum Gasteiger partial charge on any atom is -0.382 e. The van der Waals surface area contributed by atoms with Crippen LogP contribution in [0.4, 0.5) is 5.69 Å². The highest BCUT2D eigenvalue weighted by molar-refractivity contribution is 5.49. The third-order valence-corrected chi connectivity index (χ3v) is 3.92. The standard InChI is InChI=1S/C17H24N2/c1-16(2)9-15(10-17(3,4)12-16)19-14-7-5-6-13(8-14)11-18/h5-8,15,19H,9-10,12H2,1-4H3. The van der Waals surface area contributed by atoms with E-state index in [1.54, 1.807) is 0 Å². The van der Waals surface area contributed by atoms with Crippen LogP contribution < -0.4 is 5.32 Å². The Balaban J connectivity index is 2.12. The number of nitrogens with one attached hydrogen (secondary N) is 1. The van der Waals surface area contributed by atoms with Crippen LogP contribution in [0.25, 0.3) is 0 Å². The van der Waals surface area contributed by atoms with E-state index in [0.29, 0.717) is 16.9 Å². The normalized spacial score (nSPS) is 21.6. The minimum absolute atomic E-state index is 0.381. The fraction of sp³-hybridized carbons (Fsp3) is 0.588. The molecule has 1 fully saturated rings. The van der Waals surface area contributed by atoms with E-state index in [0.717, 1.165) is 11.3 Å². The van der Waals surface area contributed by atoms with E-state index in [9.17, 15) is 0 Å². The van der Waals surface area contributed by atoms with Gasteiger partial charge in [-0.25, -0.2) is 0 Å². The van der Waals surface area contributed by atoms with Crippen molar-refractivity contribution in [3.05, 3.63) is 29.8 Å². The predicted octanol–water partition coefficient (Wildman–Crippen LogP) is 4.58. The van der Waals surface area contributed by atoms with Gasteiger partial charge in [0.05, 0.1) is 11.6 Å². The molecule has 0 heterocycles. The van der Waals surface area contributed by atoms with E-state index < -0.39 is 0 Å². The first kappa shape index (κ1) is 13.9. The molecule has 1 aromatic carbocycles. The van der Waals surface area contributed by atoms with E-state index in [-0.39, 0.29) is 0 Å². The van der Waals surface area contributed by atoms with Gasteiger partial charge in [0, 0.05) is 11.7 Å². The van der Waals surface area contributed by atoms with Crippen LogP contribution in [0.5, 0.6) is 0 Å². The summed E-state index contributed by atoms with van der Waals surface area (Å²) in [5, 5.41) is 12.6. The second-order valence-electron chi connectivity index (χ2n) is 7.45. The van der Waals surface area contributed by atoms with Crippen molar-refractivity contribution in [2.45, 2.75) is 53.0 Å². The fourth-order valence-electron chi connectivity index (χ4n) is 3.86. The first-order valence-electron chi connectivity index (χ1n) is 7.06. The average Bonchev–Trinajstić information content (AvgIpc) is 2.24. The highest BCUT2D eigenvalue weighted by Gasteiger charge is 2.38. The SMILES string of the molecule is CC1(C)CC(Nc2cccc(C#N)c2)CC(C)(C)C1. The lowest BCUT2D eigenvalue weighted by molar-refractivity contribution is 0.105. The maximum absolute atomic E-state index is 8.96. The molecule has 1 N–H and O–H groups in total. The number of anilines is 1. The zero-order valence-electron chi connectivity index (χ0n) is 12.5. The molecule has 0 aromatic heterocycles. The summed E-state index contributed by atoms with van der Waals surface area (Å²) in [7, 11) is 0. The Kier molecular flexibility index (Phi) is 3.58. The van der Waals surface area contributed by atoms with Gasteiger partial charge in [-0.3, -0.25) is 0 Å². The van der Waals surface area contributed by atoms with Crippen molar-refractivity contribution in [1.29, 1.82) is 5.26 Å². The van der Waals surface area contributed by atoms with Crippen LogP contribution in [-0.4, -0.2) is 6.04 Å². The molecule has 0 spiro atoms. The van der Waals surface area contributed by atoms with Crippen molar-refractivity contribution < 1.29 is 0 Å². The molecule has 2 heteroatoms. The molecular formula is C17H24N2. The predicted molar refractivity (Wildman–Crippen MR) is 80.0 cm³/mol. The van der Waals surface area contributed by atoms with Crippen LogP contribution in [0.3, 0.4) is 0 Å². The van der Waals surface area contributed by atoms with Crippen molar-refractivity contribution in [2.75, 3.05) is 5.32 Å². The third-order valence-electron chi connectivity index (χ3n) is 3.92. The van der Waals surface area contributed by atoms with Crippen molar-refractivity contribution in [3.63, 3.8) is 0 Å².